The van der Waals surface area contributed by atoms with E-state index in [1.54, 1.807) is 17.0 Å². The summed E-state index contributed by atoms with van der Waals surface area (Å²) < 4.78 is 47.6. The quantitative estimate of drug-likeness (QED) is 0.369. The molecule has 1 aliphatic rings. The van der Waals surface area contributed by atoms with Crippen molar-refractivity contribution >= 4 is 29.0 Å². The standard InChI is InChI=1S/C27H36FN3O6S/c1-27(2,3)37-26(33)30-16-14-29(15-17-30)19-20-7-11-23(12-8-20)31(38(34)35)13-5-6-21-9-10-22(18-24(21)28)25(32)36-4/h7-12,18H,5-6,13-17,19H2,1-4H3,(H,34,35). The van der Waals surface area contributed by atoms with Gasteiger partial charge in [-0.2, -0.15) is 0 Å². The summed E-state index contributed by atoms with van der Waals surface area (Å²) in [6.07, 6.45) is 0.485. The number of rotatable bonds is 9. The van der Waals surface area contributed by atoms with E-state index in [1.807, 2.05) is 32.9 Å². The van der Waals surface area contributed by atoms with Gasteiger partial charge < -0.3 is 14.4 Å². The second-order valence-corrected chi connectivity index (χ2v) is 11.0. The summed E-state index contributed by atoms with van der Waals surface area (Å²) in [5, 5.41) is 0. The number of hydrogen-bond acceptors (Lipinski definition) is 6. The number of carbonyl (C=O) groups is 2. The predicted molar refractivity (Wildman–Crippen MR) is 144 cm³/mol. The number of hydrogen-bond donors (Lipinski definition) is 1. The van der Waals surface area contributed by atoms with Crippen molar-refractivity contribution < 1.29 is 32.2 Å². The zero-order valence-corrected chi connectivity index (χ0v) is 23.1. The van der Waals surface area contributed by atoms with Gasteiger partial charge in [0.05, 0.1) is 18.4 Å². The first-order valence-corrected chi connectivity index (χ1v) is 13.6. The van der Waals surface area contributed by atoms with Crippen LogP contribution in [0.4, 0.5) is 14.9 Å². The van der Waals surface area contributed by atoms with Gasteiger partial charge in [-0.3, -0.25) is 13.8 Å². The number of ether oxygens (including phenoxy) is 2. The summed E-state index contributed by atoms with van der Waals surface area (Å²) in [7, 11) is 1.24. The maximum Gasteiger partial charge on any atom is 0.410 e. The van der Waals surface area contributed by atoms with Gasteiger partial charge >= 0.3 is 12.1 Å². The van der Waals surface area contributed by atoms with Gasteiger partial charge in [0.15, 0.2) is 0 Å². The summed E-state index contributed by atoms with van der Waals surface area (Å²) in [5.41, 5.74) is 1.68. The van der Waals surface area contributed by atoms with Crippen molar-refractivity contribution in [2.45, 2.75) is 45.8 Å². The Balaban J connectivity index is 1.51. The van der Waals surface area contributed by atoms with E-state index in [2.05, 4.69) is 9.64 Å². The third kappa shape index (κ3) is 8.50. The molecule has 38 heavy (non-hydrogen) atoms. The van der Waals surface area contributed by atoms with E-state index in [4.69, 9.17) is 4.74 Å². The van der Waals surface area contributed by atoms with E-state index in [9.17, 15) is 22.7 Å². The molecule has 1 saturated heterocycles. The van der Waals surface area contributed by atoms with Crippen molar-refractivity contribution in [3.63, 3.8) is 0 Å². The van der Waals surface area contributed by atoms with Crippen LogP contribution in [0.15, 0.2) is 42.5 Å². The van der Waals surface area contributed by atoms with Crippen LogP contribution in [0.1, 0.15) is 48.7 Å². The highest BCUT2D eigenvalue weighted by Gasteiger charge is 2.26. The van der Waals surface area contributed by atoms with E-state index in [0.29, 0.717) is 43.7 Å². The second kappa shape index (κ2) is 13.2. The van der Waals surface area contributed by atoms with Crippen LogP contribution in [0.2, 0.25) is 0 Å². The van der Waals surface area contributed by atoms with Crippen molar-refractivity contribution in [3.05, 3.63) is 65.0 Å². The molecule has 11 heteroatoms. The first kappa shape index (κ1) is 29.5. The molecule has 0 aromatic heterocycles. The van der Waals surface area contributed by atoms with Crippen LogP contribution >= 0.6 is 0 Å². The molecule has 1 amide bonds. The molecule has 1 N–H and O–H groups in total. The summed E-state index contributed by atoms with van der Waals surface area (Å²) in [4.78, 5) is 27.8. The first-order chi connectivity index (χ1) is 18.0. The molecule has 0 saturated carbocycles. The summed E-state index contributed by atoms with van der Waals surface area (Å²) in [6, 6.07) is 11.6. The minimum Gasteiger partial charge on any atom is -0.465 e. The lowest BCUT2D eigenvalue weighted by Crippen LogP contribution is -2.49. The summed E-state index contributed by atoms with van der Waals surface area (Å²) in [5.74, 6) is -1.12. The Labute approximate surface area is 225 Å². The highest BCUT2D eigenvalue weighted by Crippen LogP contribution is 2.20. The number of anilines is 1. The average molecular weight is 550 g/mol. The van der Waals surface area contributed by atoms with Crippen molar-refractivity contribution in [1.29, 1.82) is 0 Å². The number of benzene rings is 2. The summed E-state index contributed by atoms with van der Waals surface area (Å²) >= 11 is -2.24. The molecule has 1 fully saturated rings. The van der Waals surface area contributed by atoms with Gasteiger partial charge in [0.25, 0.3) is 11.3 Å². The number of nitrogens with zero attached hydrogens (tertiary/aromatic N) is 3. The maximum atomic E-state index is 14.4. The van der Waals surface area contributed by atoms with Gasteiger partial charge in [0.2, 0.25) is 0 Å². The zero-order valence-electron chi connectivity index (χ0n) is 22.3. The molecule has 1 aliphatic heterocycles. The highest BCUT2D eigenvalue weighted by molar-refractivity contribution is 7.80. The average Bonchev–Trinajstić information content (AvgIpc) is 2.86. The molecule has 0 aliphatic carbocycles. The third-order valence-corrected chi connectivity index (χ3v) is 6.89. The van der Waals surface area contributed by atoms with E-state index in [0.717, 1.165) is 24.7 Å². The molecule has 9 nitrogen and oxygen atoms in total. The molecule has 1 unspecified atom stereocenters. The van der Waals surface area contributed by atoms with Crippen LogP contribution in [-0.2, 0) is 33.7 Å². The Morgan fingerprint density at radius 3 is 2.29 bits per heavy atom. The van der Waals surface area contributed by atoms with Crippen molar-refractivity contribution in [2.75, 3.05) is 44.1 Å². The fourth-order valence-electron chi connectivity index (χ4n) is 4.15. The molecular formula is C27H36FN3O6S. The minimum absolute atomic E-state index is 0.136. The smallest absolute Gasteiger partial charge is 0.410 e. The van der Waals surface area contributed by atoms with E-state index in [-0.39, 0.29) is 18.2 Å². The fourth-order valence-corrected chi connectivity index (χ4v) is 4.73. The number of methoxy groups -OCH3 is 1. The number of halogens is 1. The summed E-state index contributed by atoms with van der Waals surface area (Å²) in [6.45, 7) is 9.14. The van der Waals surface area contributed by atoms with E-state index >= 15 is 0 Å². The molecule has 1 atom stereocenters. The molecule has 208 valence electrons. The van der Waals surface area contributed by atoms with Crippen LogP contribution in [0.3, 0.4) is 0 Å². The largest absolute Gasteiger partial charge is 0.465 e. The first-order valence-electron chi connectivity index (χ1n) is 12.5. The predicted octanol–water partition coefficient (Wildman–Crippen LogP) is 4.24. The van der Waals surface area contributed by atoms with Crippen molar-refractivity contribution in [2.24, 2.45) is 0 Å². The topological polar surface area (TPSA) is 99.6 Å². The number of carbonyl (C=O) groups excluding carboxylic acids is 2. The molecule has 0 spiro atoms. The lowest BCUT2D eigenvalue weighted by Gasteiger charge is -2.35. The van der Waals surface area contributed by atoms with Gasteiger partial charge in [-0.25, -0.2) is 18.2 Å². The van der Waals surface area contributed by atoms with Gasteiger partial charge in [0, 0.05) is 39.3 Å². The van der Waals surface area contributed by atoms with Gasteiger partial charge in [-0.05, 0) is 69.0 Å². The van der Waals surface area contributed by atoms with Crippen LogP contribution in [0, 0.1) is 5.82 Å². The zero-order chi connectivity index (χ0) is 27.9. The molecule has 0 bridgehead atoms. The lowest BCUT2D eigenvalue weighted by atomic mass is 10.1. The van der Waals surface area contributed by atoms with Crippen LogP contribution in [0.5, 0.6) is 0 Å². The van der Waals surface area contributed by atoms with Gasteiger partial charge in [-0.1, -0.05) is 18.2 Å². The minimum atomic E-state index is -2.24. The van der Waals surface area contributed by atoms with Crippen LogP contribution in [0.25, 0.3) is 0 Å². The Kier molecular flexibility index (Phi) is 10.2. The molecule has 2 aromatic carbocycles. The Bertz CT molecular complexity index is 1130. The Morgan fingerprint density at radius 1 is 1.08 bits per heavy atom. The number of aryl methyl sites for hydroxylation is 1. The SMILES string of the molecule is COC(=O)c1ccc(CCCN(c2ccc(CN3CCN(C(=O)OC(C)(C)C)CC3)cc2)S(=O)O)c(F)c1. The molecule has 0 radical (unpaired) electrons. The Morgan fingerprint density at radius 2 is 1.74 bits per heavy atom. The molecular weight excluding hydrogens is 513 g/mol. The van der Waals surface area contributed by atoms with Crippen LogP contribution < -0.4 is 4.31 Å². The van der Waals surface area contributed by atoms with Gasteiger partial charge in [-0.15, -0.1) is 0 Å². The molecule has 1 heterocycles. The van der Waals surface area contributed by atoms with Gasteiger partial charge in [0.1, 0.15) is 11.4 Å². The maximum absolute atomic E-state index is 14.4. The van der Waals surface area contributed by atoms with E-state index in [1.165, 1.54) is 23.5 Å². The normalized spacial score (nSPS) is 15.2. The number of piperazine rings is 1. The number of amides is 1. The highest BCUT2D eigenvalue weighted by atomic mass is 32.2. The number of esters is 1. The van der Waals surface area contributed by atoms with Crippen molar-refractivity contribution in [1.82, 2.24) is 9.80 Å². The third-order valence-electron chi connectivity index (χ3n) is 6.12. The fraction of sp³-hybridized carbons (Fsp3) is 0.481. The Hall–Kier alpha value is -3.02. The molecule has 2 aromatic rings. The van der Waals surface area contributed by atoms with E-state index < -0.39 is 28.7 Å². The van der Waals surface area contributed by atoms with Crippen molar-refractivity contribution in [3.8, 4) is 0 Å². The monoisotopic (exact) mass is 549 g/mol. The second-order valence-electron chi connectivity index (χ2n) is 10.1. The lowest BCUT2D eigenvalue weighted by molar-refractivity contribution is 0.0139. The molecule has 3 rings (SSSR count). The van der Waals surface area contributed by atoms with Crippen LogP contribution in [-0.4, -0.2) is 76.1 Å².